The van der Waals surface area contributed by atoms with E-state index in [0.29, 0.717) is 17.1 Å². The quantitative estimate of drug-likeness (QED) is 0.460. The van der Waals surface area contributed by atoms with Crippen LogP contribution in [-0.4, -0.2) is 30.8 Å². The van der Waals surface area contributed by atoms with E-state index in [-0.39, 0.29) is 13.1 Å². The van der Waals surface area contributed by atoms with Gasteiger partial charge in [0, 0.05) is 0 Å². The van der Waals surface area contributed by atoms with E-state index in [1.54, 1.807) is 14.0 Å². The van der Waals surface area contributed by atoms with Crippen LogP contribution in [0.15, 0.2) is 10.5 Å². The average Bonchev–Trinajstić information content (AvgIpc) is 2.56. The van der Waals surface area contributed by atoms with Crippen LogP contribution in [0.4, 0.5) is 8.78 Å². The Kier molecular flexibility index (Phi) is 4.59. The highest BCUT2D eigenvalue weighted by molar-refractivity contribution is 5.94. The number of hydrogen-bond donors (Lipinski definition) is 2. The number of hydrogen-bond acceptors (Lipinski definition) is 4. The second-order valence-electron chi connectivity index (χ2n) is 3.74. The summed E-state index contributed by atoms with van der Waals surface area (Å²) in [5.74, 6) is 5.39. The predicted octanol–water partition coefficient (Wildman–Crippen LogP) is 0.888. The first kappa shape index (κ1) is 13.6. The van der Waals surface area contributed by atoms with Crippen LogP contribution in [0, 0.1) is 6.92 Å². The first-order valence-electron chi connectivity index (χ1n) is 5.01. The molecule has 0 aliphatic rings. The molecule has 0 aliphatic heterocycles. The molecule has 96 valence electrons. The lowest BCUT2D eigenvalue weighted by molar-refractivity contribution is 0.0942. The van der Waals surface area contributed by atoms with Gasteiger partial charge < -0.3 is 4.42 Å². The number of amides is 1. The Bertz CT molecular complexity index is 393. The molecule has 0 unspecified atom stereocenters. The zero-order valence-electron chi connectivity index (χ0n) is 9.67. The molecule has 0 fully saturated rings. The maximum Gasteiger partial charge on any atom is 0.268 e. The molecule has 7 heteroatoms. The van der Waals surface area contributed by atoms with Gasteiger partial charge >= 0.3 is 0 Å². The van der Waals surface area contributed by atoms with E-state index in [2.05, 4.69) is 0 Å². The highest BCUT2D eigenvalue weighted by Crippen LogP contribution is 2.16. The molecule has 0 atom stereocenters. The van der Waals surface area contributed by atoms with Crippen LogP contribution in [0.5, 0.6) is 0 Å². The molecule has 17 heavy (non-hydrogen) atoms. The second-order valence-corrected chi connectivity index (χ2v) is 3.74. The molecule has 0 spiro atoms. The van der Waals surface area contributed by atoms with Crippen LogP contribution < -0.4 is 11.3 Å². The van der Waals surface area contributed by atoms with Crippen molar-refractivity contribution in [3.05, 3.63) is 23.2 Å². The van der Waals surface area contributed by atoms with E-state index in [1.165, 1.54) is 11.0 Å². The third-order valence-electron chi connectivity index (χ3n) is 2.22. The fraction of sp³-hybridized carbons (Fsp3) is 0.500. The SMILES string of the molecule is Cc1oc(CN(C)CC(F)F)cc1C(=O)NN. The molecule has 1 rings (SSSR count). The maximum atomic E-state index is 12.1. The van der Waals surface area contributed by atoms with Crippen molar-refractivity contribution in [3.63, 3.8) is 0 Å². The fourth-order valence-electron chi connectivity index (χ4n) is 1.49. The normalized spacial score (nSPS) is 11.2. The van der Waals surface area contributed by atoms with Crippen molar-refractivity contribution in [2.45, 2.75) is 19.9 Å². The van der Waals surface area contributed by atoms with E-state index < -0.39 is 12.3 Å². The molecule has 0 saturated heterocycles. The minimum Gasteiger partial charge on any atom is -0.464 e. The van der Waals surface area contributed by atoms with E-state index in [0.717, 1.165) is 0 Å². The predicted molar refractivity (Wildman–Crippen MR) is 57.4 cm³/mol. The van der Waals surface area contributed by atoms with Gasteiger partial charge in [-0.25, -0.2) is 14.6 Å². The van der Waals surface area contributed by atoms with Gasteiger partial charge in [0.25, 0.3) is 12.3 Å². The number of carbonyl (C=O) groups is 1. The maximum absolute atomic E-state index is 12.1. The average molecular weight is 247 g/mol. The third kappa shape index (κ3) is 3.79. The molecule has 0 aromatic carbocycles. The lowest BCUT2D eigenvalue weighted by atomic mass is 10.2. The first-order chi connectivity index (χ1) is 7.93. The van der Waals surface area contributed by atoms with Gasteiger partial charge in [-0.2, -0.15) is 0 Å². The van der Waals surface area contributed by atoms with Crippen molar-refractivity contribution >= 4 is 5.91 Å². The summed E-state index contributed by atoms with van der Waals surface area (Å²) in [7, 11) is 1.55. The van der Waals surface area contributed by atoms with Gasteiger partial charge in [0.05, 0.1) is 18.7 Å². The Hall–Kier alpha value is -1.47. The largest absolute Gasteiger partial charge is 0.464 e. The van der Waals surface area contributed by atoms with Crippen molar-refractivity contribution in [3.8, 4) is 0 Å². The van der Waals surface area contributed by atoms with Gasteiger partial charge in [-0.3, -0.25) is 15.1 Å². The molecule has 0 aliphatic carbocycles. The molecule has 1 aromatic rings. The number of nitrogens with two attached hydrogens (primary N) is 1. The number of hydrazine groups is 1. The van der Waals surface area contributed by atoms with Gasteiger partial charge in [0.2, 0.25) is 0 Å². The highest BCUT2D eigenvalue weighted by atomic mass is 19.3. The molecule has 3 N–H and O–H groups in total. The molecule has 1 aromatic heterocycles. The minimum absolute atomic E-state index is 0.211. The summed E-state index contributed by atoms with van der Waals surface area (Å²) in [5.41, 5.74) is 2.30. The van der Waals surface area contributed by atoms with Crippen molar-refractivity contribution < 1.29 is 18.0 Å². The summed E-state index contributed by atoms with van der Waals surface area (Å²) in [6, 6.07) is 1.50. The smallest absolute Gasteiger partial charge is 0.268 e. The summed E-state index contributed by atoms with van der Waals surface area (Å²) >= 11 is 0. The first-order valence-corrected chi connectivity index (χ1v) is 5.01. The monoisotopic (exact) mass is 247 g/mol. The van der Waals surface area contributed by atoms with Crippen molar-refractivity contribution in [2.24, 2.45) is 5.84 Å². The van der Waals surface area contributed by atoms with Gasteiger partial charge in [-0.15, -0.1) is 0 Å². The van der Waals surface area contributed by atoms with Crippen LogP contribution in [-0.2, 0) is 6.54 Å². The topological polar surface area (TPSA) is 71.5 Å². The van der Waals surface area contributed by atoms with Gasteiger partial charge in [0.1, 0.15) is 11.5 Å². The number of alkyl halides is 2. The van der Waals surface area contributed by atoms with E-state index in [1.807, 2.05) is 5.43 Å². The van der Waals surface area contributed by atoms with Gasteiger partial charge in [0.15, 0.2) is 0 Å². The molecule has 0 bridgehead atoms. The standard InChI is InChI=1S/C10H15F2N3O2/c1-6-8(10(16)14-13)3-7(17-6)4-15(2)5-9(11)12/h3,9H,4-5,13H2,1-2H3,(H,14,16). The summed E-state index contributed by atoms with van der Waals surface area (Å²) in [4.78, 5) is 12.7. The molecule has 1 heterocycles. The van der Waals surface area contributed by atoms with Crippen LogP contribution >= 0.6 is 0 Å². The van der Waals surface area contributed by atoms with E-state index in [4.69, 9.17) is 10.3 Å². The number of nitrogens with one attached hydrogen (secondary N) is 1. The van der Waals surface area contributed by atoms with Gasteiger partial charge in [-0.05, 0) is 20.0 Å². The number of nitrogens with zero attached hydrogens (tertiary/aromatic N) is 1. The van der Waals surface area contributed by atoms with E-state index in [9.17, 15) is 13.6 Å². The molecule has 0 saturated carbocycles. The van der Waals surface area contributed by atoms with Crippen molar-refractivity contribution in [2.75, 3.05) is 13.6 Å². The summed E-state index contributed by atoms with van der Waals surface area (Å²) in [5, 5.41) is 0. The Labute approximate surface area is 97.5 Å². The number of aryl methyl sites for hydroxylation is 1. The van der Waals surface area contributed by atoms with Crippen LogP contribution in [0.25, 0.3) is 0 Å². The Morgan fingerprint density at radius 1 is 1.65 bits per heavy atom. The highest BCUT2D eigenvalue weighted by Gasteiger charge is 2.16. The third-order valence-corrected chi connectivity index (χ3v) is 2.22. The lowest BCUT2D eigenvalue weighted by Crippen LogP contribution is -2.30. The van der Waals surface area contributed by atoms with Crippen molar-refractivity contribution in [1.82, 2.24) is 10.3 Å². The van der Waals surface area contributed by atoms with Crippen LogP contribution in [0.2, 0.25) is 0 Å². The lowest BCUT2D eigenvalue weighted by Gasteiger charge is -2.13. The molecule has 5 nitrogen and oxygen atoms in total. The summed E-state index contributed by atoms with van der Waals surface area (Å²) in [6.07, 6.45) is -2.40. The number of nitrogen functional groups attached to an aromatic ring is 1. The number of halogens is 2. The van der Waals surface area contributed by atoms with E-state index >= 15 is 0 Å². The van der Waals surface area contributed by atoms with Crippen LogP contribution in [0.1, 0.15) is 21.9 Å². The van der Waals surface area contributed by atoms with Crippen LogP contribution in [0.3, 0.4) is 0 Å². The number of rotatable bonds is 5. The molecule has 0 radical (unpaired) electrons. The van der Waals surface area contributed by atoms with Gasteiger partial charge in [-0.1, -0.05) is 0 Å². The Morgan fingerprint density at radius 2 is 2.29 bits per heavy atom. The zero-order chi connectivity index (χ0) is 13.0. The number of carbonyl (C=O) groups excluding carboxylic acids is 1. The molecule has 1 amide bonds. The summed E-state index contributed by atoms with van der Waals surface area (Å²) < 4.78 is 29.5. The fourth-order valence-corrected chi connectivity index (χ4v) is 1.49. The minimum atomic E-state index is -2.40. The Balaban J connectivity index is 2.70. The number of furan rings is 1. The second kappa shape index (κ2) is 5.74. The zero-order valence-corrected chi connectivity index (χ0v) is 9.67. The Morgan fingerprint density at radius 3 is 2.82 bits per heavy atom. The van der Waals surface area contributed by atoms with Crippen molar-refractivity contribution in [1.29, 1.82) is 0 Å². The molecular formula is C10H15F2N3O2. The summed E-state index contributed by atoms with van der Waals surface area (Å²) in [6.45, 7) is 1.47. The molecular weight excluding hydrogens is 232 g/mol.